The van der Waals surface area contributed by atoms with Gasteiger partial charge in [0, 0.05) is 12.1 Å². The molecular weight excluding hydrogens is 332 g/mol. The van der Waals surface area contributed by atoms with Crippen molar-refractivity contribution >= 4 is 18.0 Å². The third-order valence-electron chi connectivity index (χ3n) is 1.64. The Balaban J connectivity index is -0.000000598. The molecule has 0 atom stereocenters. The Kier molecular flexibility index (Phi) is 14.8. The van der Waals surface area contributed by atoms with E-state index in [2.05, 4.69) is 0 Å². The molecule has 0 amide bonds. The van der Waals surface area contributed by atoms with Gasteiger partial charge in [0.25, 0.3) is 5.69 Å². The fourth-order valence-electron chi connectivity index (χ4n) is 1.00. The minimum absolute atomic E-state index is 0. The molecule has 116 valence electrons. The molecule has 1 aromatic carbocycles. The third kappa shape index (κ3) is 15.8. The molecular formula is C12H13NNa2O8. The number of nitro groups is 1. The summed E-state index contributed by atoms with van der Waals surface area (Å²) in [5.41, 5.74) is -0.709. The molecule has 0 bridgehead atoms. The molecule has 11 heteroatoms. The first-order chi connectivity index (χ1) is 9.51. The van der Waals surface area contributed by atoms with E-state index >= 15 is 0 Å². The molecule has 0 aliphatic heterocycles. The van der Waals surface area contributed by atoms with E-state index < -0.39 is 22.8 Å². The van der Waals surface area contributed by atoms with Crippen LogP contribution in [0, 0.1) is 10.1 Å². The SMILES string of the molecule is CC(C)(C)OC(=O)Oc1ccc([N+](=O)[O-])cc1.O=C([O-])[O-].[Na+].[Na+]. The van der Waals surface area contributed by atoms with Crippen LogP contribution in [0.25, 0.3) is 0 Å². The molecule has 9 nitrogen and oxygen atoms in total. The van der Waals surface area contributed by atoms with Crippen LogP contribution in [-0.2, 0) is 4.74 Å². The van der Waals surface area contributed by atoms with Gasteiger partial charge in [-0.25, -0.2) is 4.79 Å². The number of non-ortho nitro benzene ring substituents is 1. The number of carbonyl (C=O) groups excluding carboxylic acids is 2. The van der Waals surface area contributed by atoms with E-state index in [1.165, 1.54) is 24.3 Å². The van der Waals surface area contributed by atoms with Crippen molar-refractivity contribution in [2.24, 2.45) is 0 Å². The van der Waals surface area contributed by atoms with E-state index in [1.54, 1.807) is 20.8 Å². The first-order valence-corrected chi connectivity index (χ1v) is 5.54. The first kappa shape index (κ1) is 27.0. The summed E-state index contributed by atoms with van der Waals surface area (Å²) in [6, 6.07) is 5.17. The normalized spacial score (nSPS) is 9.00. The summed E-state index contributed by atoms with van der Waals surface area (Å²) >= 11 is 0. The van der Waals surface area contributed by atoms with Crippen LogP contribution in [0.1, 0.15) is 20.8 Å². The summed E-state index contributed by atoms with van der Waals surface area (Å²) < 4.78 is 9.77. The Hall–Kier alpha value is -0.840. The maximum Gasteiger partial charge on any atom is 1.00 e. The number of ether oxygens (including phenoxy) is 2. The molecule has 0 N–H and O–H groups in total. The minimum Gasteiger partial charge on any atom is -0.652 e. The number of hydrogen-bond donors (Lipinski definition) is 0. The van der Waals surface area contributed by atoms with Crippen molar-refractivity contribution in [2.45, 2.75) is 26.4 Å². The summed E-state index contributed by atoms with van der Waals surface area (Å²) in [7, 11) is 0. The van der Waals surface area contributed by atoms with Gasteiger partial charge < -0.3 is 24.5 Å². The van der Waals surface area contributed by atoms with E-state index in [4.69, 9.17) is 24.5 Å². The number of carboxylic acid groups (broad SMARTS) is 2. The second-order valence-electron chi connectivity index (χ2n) is 4.57. The van der Waals surface area contributed by atoms with E-state index in [0.717, 1.165) is 0 Å². The average molecular weight is 345 g/mol. The van der Waals surface area contributed by atoms with Gasteiger partial charge in [-0.15, -0.1) is 0 Å². The number of rotatable bonds is 2. The predicted octanol–water partition coefficient (Wildman–Crippen LogP) is -5.53. The minimum atomic E-state index is -2.33. The maximum atomic E-state index is 11.3. The van der Waals surface area contributed by atoms with Gasteiger partial charge in [0.05, 0.1) is 4.92 Å². The number of nitrogens with zero attached hydrogens (tertiary/aromatic N) is 1. The van der Waals surface area contributed by atoms with Crippen LogP contribution in [0.3, 0.4) is 0 Å². The quantitative estimate of drug-likeness (QED) is 0.170. The van der Waals surface area contributed by atoms with Crippen LogP contribution in [0.15, 0.2) is 24.3 Å². The van der Waals surface area contributed by atoms with Crippen molar-refractivity contribution < 1.29 is 93.3 Å². The molecule has 0 aliphatic carbocycles. The summed E-state index contributed by atoms with van der Waals surface area (Å²) in [6.45, 7) is 5.14. The van der Waals surface area contributed by atoms with E-state index in [-0.39, 0.29) is 70.6 Å². The van der Waals surface area contributed by atoms with Crippen LogP contribution in [0.2, 0.25) is 0 Å². The summed E-state index contributed by atoms with van der Waals surface area (Å²) in [6.07, 6.45) is -3.17. The van der Waals surface area contributed by atoms with Crippen LogP contribution >= 0.6 is 0 Å². The van der Waals surface area contributed by atoms with E-state index in [1.807, 2.05) is 0 Å². The molecule has 0 saturated heterocycles. The monoisotopic (exact) mass is 345 g/mol. The van der Waals surface area contributed by atoms with Gasteiger partial charge in [-0.3, -0.25) is 10.1 Å². The van der Waals surface area contributed by atoms with Gasteiger partial charge >= 0.3 is 65.3 Å². The zero-order chi connectivity index (χ0) is 16.6. The van der Waals surface area contributed by atoms with Gasteiger partial charge in [-0.2, -0.15) is 0 Å². The largest absolute Gasteiger partial charge is 1.00 e. The molecule has 0 unspecified atom stereocenters. The molecule has 0 saturated carbocycles. The fourth-order valence-corrected chi connectivity index (χ4v) is 1.00. The Morgan fingerprint density at radius 1 is 1.04 bits per heavy atom. The van der Waals surface area contributed by atoms with Crippen molar-refractivity contribution in [3.8, 4) is 5.75 Å². The van der Waals surface area contributed by atoms with Crippen LogP contribution in [0.5, 0.6) is 5.75 Å². The van der Waals surface area contributed by atoms with Crippen molar-refractivity contribution in [3.05, 3.63) is 34.4 Å². The van der Waals surface area contributed by atoms with Gasteiger partial charge in [0.2, 0.25) is 0 Å². The Morgan fingerprint density at radius 2 is 1.43 bits per heavy atom. The molecule has 1 aromatic rings. The standard InChI is InChI=1S/C11H13NO5.CH2O3.2Na/c1-11(2,3)17-10(13)16-9-6-4-8(5-7-9)12(14)15;2-1(3)4;;/h4-7H,1-3H3;(H2,2,3,4);;/q;;2*+1/p-2. The smallest absolute Gasteiger partial charge is 0.652 e. The Labute approximate surface area is 176 Å². The number of hydrogen-bond acceptors (Lipinski definition) is 8. The van der Waals surface area contributed by atoms with E-state index in [0.29, 0.717) is 0 Å². The average Bonchev–Trinajstić information content (AvgIpc) is 2.25. The zero-order valence-electron chi connectivity index (χ0n) is 13.5. The van der Waals surface area contributed by atoms with Crippen molar-refractivity contribution in [1.29, 1.82) is 0 Å². The van der Waals surface area contributed by atoms with Crippen molar-refractivity contribution in [3.63, 3.8) is 0 Å². The number of benzene rings is 1. The topological polar surface area (TPSA) is 142 Å². The number of carbonyl (C=O) groups is 2. The molecule has 23 heavy (non-hydrogen) atoms. The molecule has 0 aromatic heterocycles. The van der Waals surface area contributed by atoms with Gasteiger partial charge in [0.15, 0.2) is 0 Å². The second-order valence-corrected chi connectivity index (χ2v) is 4.57. The molecule has 0 heterocycles. The molecule has 0 spiro atoms. The molecule has 1 rings (SSSR count). The summed E-state index contributed by atoms with van der Waals surface area (Å²) in [5.74, 6) is 0.199. The summed E-state index contributed by atoms with van der Waals surface area (Å²) in [4.78, 5) is 29.5. The first-order valence-electron chi connectivity index (χ1n) is 5.54. The predicted molar refractivity (Wildman–Crippen MR) is 65.4 cm³/mol. The van der Waals surface area contributed by atoms with Gasteiger partial charge in [-0.05, 0) is 39.1 Å². The molecule has 0 aliphatic rings. The second kappa shape index (κ2) is 12.6. The van der Waals surface area contributed by atoms with Gasteiger partial charge in [-0.1, -0.05) is 0 Å². The van der Waals surface area contributed by atoms with Crippen molar-refractivity contribution in [2.75, 3.05) is 0 Å². The van der Waals surface area contributed by atoms with Crippen LogP contribution in [0.4, 0.5) is 15.3 Å². The Bertz CT molecular complexity index is 509. The zero-order valence-corrected chi connectivity index (χ0v) is 17.5. The van der Waals surface area contributed by atoms with E-state index in [9.17, 15) is 14.9 Å². The van der Waals surface area contributed by atoms with Gasteiger partial charge in [0.1, 0.15) is 11.4 Å². The fraction of sp³-hybridized carbons (Fsp3) is 0.333. The molecule has 0 radical (unpaired) electrons. The number of nitro benzene ring substituents is 1. The maximum absolute atomic E-state index is 11.3. The van der Waals surface area contributed by atoms with Crippen LogP contribution in [-0.4, -0.2) is 22.8 Å². The van der Waals surface area contributed by atoms with Crippen LogP contribution < -0.4 is 74.1 Å². The van der Waals surface area contributed by atoms with Crippen molar-refractivity contribution in [1.82, 2.24) is 0 Å². The summed E-state index contributed by atoms with van der Waals surface area (Å²) in [5, 5.41) is 27.1. The molecule has 0 fully saturated rings. The Morgan fingerprint density at radius 3 is 1.74 bits per heavy atom. The third-order valence-corrected chi connectivity index (χ3v) is 1.64.